The van der Waals surface area contributed by atoms with Crippen LogP contribution in [-0.2, 0) is 0 Å². The van der Waals surface area contributed by atoms with Crippen LogP contribution in [0.15, 0.2) is 41.8 Å². The van der Waals surface area contributed by atoms with Crippen molar-refractivity contribution in [1.29, 1.82) is 0 Å². The normalized spacial score (nSPS) is 10.3. The molecule has 0 saturated heterocycles. The summed E-state index contributed by atoms with van der Waals surface area (Å²) in [6.45, 7) is 2.06. The Morgan fingerprint density at radius 3 is 2.85 bits per heavy atom. The fourth-order valence-electron chi connectivity index (χ4n) is 1.37. The van der Waals surface area contributed by atoms with Gasteiger partial charge in [0.15, 0.2) is 0 Å². The molecule has 0 spiro atoms. The van der Waals surface area contributed by atoms with E-state index in [-0.39, 0.29) is 0 Å². The first-order valence-electron chi connectivity index (χ1n) is 4.06. The molecule has 2 nitrogen and oxygen atoms in total. The van der Waals surface area contributed by atoms with E-state index >= 15 is 0 Å². The van der Waals surface area contributed by atoms with Crippen molar-refractivity contribution in [1.82, 2.24) is 9.55 Å². The zero-order valence-corrected chi connectivity index (χ0v) is 8.20. The van der Waals surface area contributed by atoms with Crippen LogP contribution in [0.1, 0.15) is 5.56 Å². The van der Waals surface area contributed by atoms with Crippen LogP contribution in [0, 0.1) is 6.92 Å². The standard InChI is InChI=1S/C10H10N2S/c1-8-3-2-4-9(13)10(8)12-6-5-11-7-12/h2-7,13H,1H3. The molecule has 0 aliphatic carbocycles. The van der Waals surface area contributed by atoms with E-state index in [1.165, 1.54) is 5.56 Å². The molecule has 0 amide bonds. The summed E-state index contributed by atoms with van der Waals surface area (Å²) >= 11 is 4.41. The van der Waals surface area contributed by atoms with Gasteiger partial charge in [-0.1, -0.05) is 12.1 Å². The van der Waals surface area contributed by atoms with Crippen molar-refractivity contribution in [2.24, 2.45) is 0 Å². The molecule has 0 bridgehead atoms. The zero-order valence-electron chi connectivity index (χ0n) is 7.31. The highest BCUT2D eigenvalue weighted by Gasteiger charge is 2.03. The molecule has 2 aromatic rings. The van der Waals surface area contributed by atoms with E-state index in [1.807, 2.05) is 22.9 Å². The molecule has 3 heteroatoms. The third-order valence-corrected chi connectivity index (χ3v) is 2.34. The maximum atomic E-state index is 4.41. The van der Waals surface area contributed by atoms with E-state index in [2.05, 4.69) is 30.6 Å². The van der Waals surface area contributed by atoms with Crippen molar-refractivity contribution < 1.29 is 0 Å². The molecule has 13 heavy (non-hydrogen) atoms. The van der Waals surface area contributed by atoms with Crippen molar-refractivity contribution in [2.45, 2.75) is 11.8 Å². The van der Waals surface area contributed by atoms with Crippen LogP contribution in [0.4, 0.5) is 0 Å². The smallest absolute Gasteiger partial charge is 0.0992 e. The number of rotatable bonds is 1. The molecule has 1 heterocycles. The maximum Gasteiger partial charge on any atom is 0.0992 e. The van der Waals surface area contributed by atoms with Gasteiger partial charge in [-0.15, -0.1) is 12.6 Å². The molecule has 1 aromatic carbocycles. The predicted octanol–water partition coefficient (Wildman–Crippen LogP) is 2.47. The number of thiol groups is 1. The number of hydrogen-bond donors (Lipinski definition) is 1. The summed E-state index contributed by atoms with van der Waals surface area (Å²) < 4.78 is 1.97. The van der Waals surface area contributed by atoms with Crippen LogP contribution in [0.3, 0.4) is 0 Å². The number of hydrogen-bond acceptors (Lipinski definition) is 2. The van der Waals surface area contributed by atoms with Crippen molar-refractivity contribution in [3.63, 3.8) is 0 Å². The first-order valence-corrected chi connectivity index (χ1v) is 4.50. The van der Waals surface area contributed by atoms with Gasteiger partial charge in [0.05, 0.1) is 12.0 Å². The highest BCUT2D eigenvalue weighted by atomic mass is 32.1. The second-order valence-corrected chi connectivity index (χ2v) is 3.39. The van der Waals surface area contributed by atoms with Crippen LogP contribution in [-0.4, -0.2) is 9.55 Å². The average molecular weight is 190 g/mol. The van der Waals surface area contributed by atoms with Crippen molar-refractivity contribution in [3.8, 4) is 5.69 Å². The lowest BCUT2D eigenvalue weighted by Gasteiger charge is -2.08. The van der Waals surface area contributed by atoms with Gasteiger partial charge in [-0.05, 0) is 18.6 Å². The van der Waals surface area contributed by atoms with Gasteiger partial charge in [-0.3, -0.25) is 0 Å². The van der Waals surface area contributed by atoms with Gasteiger partial charge >= 0.3 is 0 Å². The van der Waals surface area contributed by atoms with Gasteiger partial charge in [0.1, 0.15) is 0 Å². The molecule has 2 rings (SSSR count). The minimum atomic E-state index is 0.970. The number of para-hydroxylation sites is 1. The van der Waals surface area contributed by atoms with Crippen molar-refractivity contribution >= 4 is 12.6 Å². The molecule has 0 N–H and O–H groups in total. The van der Waals surface area contributed by atoms with E-state index in [1.54, 1.807) is 12.5 Å². The monoisotopic (exact) mass is 190 g/mol. The summed E-state index contributed by atoms with van der Waals surface area (Å²) in [5.74, 6) is 0. The largest absolute Gasteiger partial charge is 0.305 e. The van der Waals surface area contributed by atoms with Crippen LogP contribution < -0.4 is 0 Å². The fourth-order valence-corrected chi connectivity index (χ4v) is 1.75. The van der Waals surface area contributed by atoms with E-state index in [0.29, 0.717) is 0 Å². The first kappa shape index (κ1) is 8.38. The highest BCUT2D eigenvalue weighted by molar-refractivity contribution is 7.80. The Hall–Kier alpha value is -1.22. The summed E-state index contributed by atoms with van der Waals surface area (Å²) in [6.07, 6.45) is 5.46. The van der Waals surface area contributed by atoms with Crippen molar-refractivity contribution in [2.75, 3.05) is 0 Å². The Labute approximate surface area is 82.6 Å². The molecule has 0 saturated carbocycles. The van der Waals surface area contributed by atoms with Crippen LogP contribution in [0.25, 0.3) is 5.69 Å². The summed E-state index contributed by atoms with van der Waals surface area (Å²) in [5.41, 5.74) is 2.30. The molecule has 0 aliphatic heterocycles. The van der Waals surface area contributed by atoms with Gasteiger partial charge < -0.3 is 4.57 Å². The van der Waals surface area contributed by atoms with Crippen LogP contribution >= 0.6 is 12.6 Å². The maximum absolute atomic E-state index is 4.41. The SMILES string of the molecule is Cc1cccc(S)c1-n1ccnc1. The van der Waals surface area contributed by atoms with Crippen LogP contribution in [0.2, 0.25) is 0 Å². The Morgan fingerprint density at radius 1 is 1.38 bits per heavy atom. The summed E-state index contributed by atoms with van der Waals surface area (Å²) in [4.78, 5) is 4.98. The minimum absolute atomic E-state index is 0.970. The van der Waals surface area contributed by atoms with E-state index in [4.69, 9.17) is 0 Å². The quantitative estimate of drug-likeness (QED) is 0.684. The molecule has 0 fully saturated rings. The van der Waals surface area contributed by atoms with Gasteiger partial charge in [0.25, 0.3) is 0 Å². The fraction of sp³-hybridized carbons (Fsp3) is 0.100. The zero-order chi connectivity index (χ0) is 9.26. The third-order valence-electron chi connectivity index (χ3n) is 1.98. The lowest BCUT2D eigenvalue weighted by atomic mass is 10.2. The molecule has 0 aliphatic rings. The van der Waals surface area contributed by atoms with E-state index in [0.717, 1.165) is 10.6 Å². The van der Waals surface area contributed by atoms with Crippen molar-refractivity contribution in [3.05, 3.63) is 42.5 Å². The van der Waals surface area contributed by atoms with Gasteiger partial charge in [-0.25, -0.2) is 4.98 Å². The molecule has 0 atom stereocenters. The Kier molecular flexibility index (Phi) is 2.10. The number of aromatic nitrogens is 2. The molecular formula is C10H10N2S. The van der Waals surface area contributed by atoms with Gasteiger partial charge in [-0.2, -0.15) is 0 Å². The average Bonchev–Trinajstić information content (AvgIpc) is 2.57. The number of imidazole rings is 1. The van der Waals surface area contributed by atoms with Gasteiger partial charge in [0.2, 0.25) is 0 Å². The predicted molar refractivity (Wildman–Crippen MR) is 55.6 cm³/mol. The lowest BCUT2D eigenvalue weighted by Crippen LogP contribution is -1.94. The Bertz CT molecular complexity index is 387. The first-order chi connectivity index (χ1) is 6.29. The summed E-state index contributed by atoms with van der Waals surface area (Å²) in [7, 11) is 0. The number of nitrogens with zero attached hydrogens (tertiary/aromatic N) is 2. The lowest BCUT2D eigenvalue weighted by molar-refractivity contribution is 1.01. The number of benzene rings is 1. The summed E-state index contributed by atoms with van der Waals surface area (Å²) in [5, 5.41) is 0. The molecule has 66 valence electrons. The van der Waals surface area contributed by atoms with Crippen LogP contribution in [0.5, 0.6) is 0 Å². The topological polar surface area (TPSA) is 17.8 Å². The molecule has 0 unspecified atom stereocenters. The highest BCUT2D eigenvalue weighted by Crippen LogP contribution is 2.21. The number of aryl methyl sites for hydroxylation is 1. The second-order valence-electron chi connectivity index (χ2n) is 2.91. The summed E-state index contributed by atoms with van der Waals surface area (Å²) in [6, 6.07) is 6.04. The Balaban J connectivity index is 2.64. The van der Waals surface area contributed by atoms with E-state index in [9.17, 15) is 0 Å². The van der Waals surface area contributed by atoms with E-state index < -0.39 is 0 Å². The minimum Gasteiger partial charge on any atom is -0.305 e. The Morgan fingerprint density at radius 2 is 2.23 bits per heavy atom. The third kappa shape index (κ3) is 1.47. The molecular weight excluding hydrogens is 180 g/mol. The van der Waals surface area contributed by atoms with Gasteiger partial charge in [0, 0.05) is 17.3 Å². The second kappa shape index (κ2) is 3.26. The molecule has 1 aromatic heterocycles. The molecule has 0 radical (unpaired) electrons.